The Morgan fingerprint density at radius 2 is 1.96 bits per heavy atom. The van der Waals surface area contributed by atoms with Gasteiger partial charge in [-0.2, -0.15) is 13.2 Å². The van der Waals surface area contributed by atoms with Crippen LogP contribution in [-0.2, 0) is 6.18 Å². The lowest BCUT2D eigenvalue weighted by molar-refractivity contribution is -0.137. The molecular formula is C20H23F3N2OS. The van der Waals surface area contributed by atoms with Gasteiger partial charge in [0.05, 0.1) is 11.1 Å². The highest BCUT2D eigenvalue weighted by atomic mass is 32.2. The summed E-state index contributed by atoms with van der Waals surface area (Å²) in [5.41, 5.74) is 0.118. The van der Waals surface area contributed by atoms with Crippen LogP contribution in [0.3, 0.4) is 0 Å². The van der Waals surface area contributed by atoms with Crippen molar-refractivity contribution in [3.05, 3.63) is 41.6 Å². The van der Waals surface area contributed by atoms with Crippen LogP contribution in [0.5, 0.6) is 0 Å². The first-order chi connectivity index (χ1) is 12.8. The summed E-state index contributed by atoms with van der Waals surface area (Å²) in [5, 5.41) is 0. The fourth-order valence-corrected chi connectivity index (χ4v) is 5.54. The normalized spacial score (nSPS) is 28.4. The smallest absolute Gasteiger partial charge is 0.298 e. The van der Waals surface area contributed by atoms with Gasteiger partial charge in [0, 0.05) is 16.6 Å². The van der Waals surface area contributed by atoms with E-state index in [0.717, 1.165) is 50.2 Å². The van der Waals surface area contributed by atoms with Gasteiger partial charge >= 0.3 is 6.18 Å². The average molecular weight is 396 g/mol. The predicted molar refractivity (Wildman–Crippen MR) is 99.7 cm³/mol. The SMILES string of the molecule is C=C1N(C(=O)c2ccc(C(F)(F)F)cc2SC)C12CCC[C@H]2N1CCCC1. The highest BCUT2D eigenvalue weighted by Crippen LogP contribution is 2.58. The molecule has 1 saturated carbocycles. The lowest BCUT2D eigenvalue weighted by atomic mass is 10.0. The van der Waals surface area contributed by atoms with E-state index in [-0.39, 0.29) is 11.4 Å². The number of rotatable bonds is 3. The molecule has 0 bridgehead atoms. The summed E-state index contributed by atoms with van der Waals surface area (Å²) in [6, 6.07) is 3.68. The van der Waals surface area contributed by atoms with Gasteiger partial charge in [0.2, 0.25) is 0 Å². The largest absolute Gasteiger partial charge is 0.416 e. The van der Waals surface area contributed by atoms with Gasteiger partial charge in [-0.15, -0.1) is 11.8 Å². The van der Waals surface area contributed by atoms with Crippen molar-refractivity contribution in [2.75, 3.05) is 19.3 Å². The van der Waals surface area contributed by atoms with Crippen molar-refractivity contribution in [1.29, 1.82) is 0 Å². The Balaban J connectivity index is 1.63. The van der Waals surface area contributed by atoms with Gasteiger partial charge in [0.25, 0.3) is 5.91 Å². The van der Waals surface area contributed by atoms with Crippen LogP contribution in [0, 0.1) is 0 Å². The second-order valence-electron chi connectivity index (χ2n) is 7.58. The van der Waals surface area contributed by atoms with E-state index in [1.165, 1.54) is 30.7 Å². The number of nitrogens with zero attached hydrogens (tertiary/aromatic N) is 2. The van der Waals surface area contributed by atoms with Gasteiger partial charge in [-0.05, 0) is 69.6 Å². The van der Waals surface area contributed by atoms with E-state index in [9.17, 15) is 18.0 Å². The molecule has 3 aliphatic rings. The van der Waals surface area contributed by atoms with E-state index >= 15 is 0 Å². The standard InChI is InChI=1S/C20H23F3N2OS/c1-13-19(9-5-6-17(19)24-10-3-4-11-24)25(13)18(26)15-8-7-14(20(21,22)23)12-16(15)27-2/h7-8,12,17H,1,3-6,9-11H2,2H3/t17-,19?,25?/m1/s1. The van der Waals surface area contributed by atoms with Crippen LogP contribution in [-0.4, -0.2) is 46.6 Å². The van der Waals surface area contributed by atoms with Gasteiger partial charge in [-0.25, -0.2) is 0 Å². The molecule has 7 heteroatoms. The summed E-state index contributed by atoms with van der Waals surface area (Å²) in [4.78, 5) is 17.8. The van der Waals surface area contributed by atoms with Crippen molar-refractivity contribution in [2.45, 2.75) is 54.8 Å². The van der Waals surface area contributed by atoms with Crippen molar-refractivity contribution in [3.63, 3.8) is 0 Å². The summed E-state index contributed by atoms with van der Waals surface area (Å²) in [7, 11) is 0. The zero-order valence-corrected chi connectivity index (χ0v) is 16.1. The van der Waals surface area contributed by atoms with E-state index in [1.807, 2.05) is 0 Å². The third-order valence-corrected chi connectivity index (χ3v) is 7.03. The number of thioether (sulfide) groups is 1. The minimum atomic E-state index is -4.41. The predicted octanol–water partition coefficient (Wildman–Crippen LogP) is 4.78. The van der Waals surface area contributed by atoms with Crippen molar-refractivity contribution < 1.29 is 18.0 Å². The molecule has 1 spiro atoms. The van der Waals surface area contributed by atoms with Crippen LogP contribution in [0.1, 0.15) is 48.0 Å². The van der Waals surface area contributed by atoms with Crippen LogP contribution < -0.4 is 0 Å². The molecule has 1 aromatic carbocycles. The zero-order valence-electron chi connectivity index (χ0n) is 15.3. The number of carbonyl (C=O) groups is 1. The van der Waals surface area contributed by atoms with Gasteiger partial charge in [0.15, 0.2) is 0 Å². The molecule has 3 nitrogen and oxygen atoms in total. The minimum Gasteiger partial charge on any atom is -0.298 e. The Morgan fingerprint density at radius 3 is 2.59 bits per heavy atom. The number of hydrogen-bond donors (Lipinski definition) is 0. The maximum absolute atomic E-state index is 13.2. The maximum Gasteiger partial charge on any atom is 0.416 e. The first-order valence-electron chi connectivity index (χ1n) is 9.34. The van der Waals surface area contributed by atoms with Crippen molar-refractivity contribution in [1.82, 2.24) is 9.80 Å². The summed E-state index contributed by atoms with van der Waals surface area (Å²) in [6.45, 7) is 6.26. The first kappa shape index (κ1) is 18.9. The molecule has 0 aromatic heterocycles. The third kappa shape index (κ3) is 2.90. The second-order valence-corrected chi connectivity index (χ2v) is 8.42. The monoisotopic (exact) mass is 396 g/mol. The highest BCUT2D eigenvalue weighted by Gasteiger charge is 2.67. The second kappa shape index (κ2) is 6.55. The van der Waals surface area contributed by atoms with Crippen LogP contribution in [0.4, 0.5) is 13.2 Å². The number of amides is 1. The van der Waals surface area contributed by atoms with Crippen molar-refractivity contribution in [3.8, 4) is 0 Å². The van der Waals surface area contributed by atoms with Gasteiger partial charge in [-0.1, -0.05) is 6.58 Å². The molecule has 0 N–H and O–H groups in total. The Bertz CT molecular complexity index is 788. The van der Waals surface area contributed by atoms with Crippen LogP contribution in [0.15, 0.2) is 35.4 Å². The molecule has 2 aliphatic heterocycles. The van der Waals surface area contributed by atoms with E-state index in [2.05, 4.69) is 11.5 Å². The van der Waals surface area contributed by atoms with E-state index < -0.39 is 11.7 Å². The highest BCUT2D eigenvalue weighted by molar-refractivity contribution is 7.98. The molecule has 0 radical (unpaired) electrons. The Labute approximate surface area is 161 Å². The Kier molecular flexibility index (Phi) is 4.58. The fourth-order valence-electron chi connectivity index (χ4n) is 4.92. The molecule has 1 amide bonds. The Morgan fingerprint density at radius 1 is 1.26 bits per heavy atom. The molecule has 1 unspecified atom stereocenters. The number of halogens is 3. The molecule has 3 fully saturated rings. The maximum atomic E-state index is 13.2. The molecular weight excluding hydrogens is 373 g/mol. The third-order valence-electron chi connectivity index (χ3n) is 6.25. The summed E-state index contributed by atoms with van der Waals surface area (Å²) < 4.78 is 39.0. The molecule has 4 rings (SSSR count). The van der Waals surface area contributed by atoms with Gasteiger partial charge in [-0.3, -0.25) is 14.6 Å². The van der Waals surface area contributed by atoms with Gasteiger partial charge in [0.1, 0.15) is 5.54 Å². The minimum absolute atomic E-state index is 0.218. The zero-order chi connectivity index (χ0) is 19.4. The van der Waals surface area contributed by atoms with Crippen LogP contribution in [0.25, 0.3) is 0 Å². The molecule has 2 saturated heterocycles. The van der Waals surface area contributed by atoms with E-state index in [1.54, 1.807) is 11.2 Å². The quantitative estimate of drug-likeness (QED) is 0.542. The average Bonchev–Trinajstić information content (AvgIpc) is 3.06. The first-order valence-corrected chi connectivity index (χ1v) is 10.6. The summed E-state index contributed by atoms with van der Waals surface area (Å²) in [5.74, 6) is -0.218. The molecule has 27 heavy (non-hydrogen) atoms. The lowest BCUT2D eigenvalue weighted by Crippen LogP contribution is -2.43. The number of likely N-dealkylation sites (tertiary alicyclic amines) is 1. The fraction of sp³-hybridized carbons (Fsp3) is 0.550. The van der Waals surface area contributed by atoms with Crippen LogP contribution >= 0.6 is 11.8 Å². The van der Waals surface area contributed by atoms with Crippen LogP contribution in [0.2, 0.25) is 0 Å². The molecule has 1 aromatic rings. The van der Waals surface area contributed by atoms with E-state index in [4.69, 9.17) is 0 Å². The summed E-state index contributed by atoms with van der Waals surface area (Å²) >= 11 is 1.17. The number of hydrogen-bond acceptors (Lipinski definition) is 3. The topological polar surface area (TPSA) is 23.3 Å². The lowest BCUT2D eigenvalue weighted by Gasteiger charge is -2.29. The number of alkyl halides is 3. The molecule has 1 aliphatic carbocycles. The molecule has 2 heterocycles. The van der Waals surface area contributed by atoms with Gasteiger partial charge < -0.3 is 0 Å². The summed E-state index contributed by atoms with van der Waals surface area (Å²) in [6.07, 6.45) is 2.64. The molecule has 146 valence electrons. The number of benzene rings is 1. The Hall–Kier alpha value is -1.47. The van der Waals surface area contributed by atoms with E-state index in [0.29, 0.717) is 16.5 Å². The number of carbonyl (C=O) groups excluding carboxylic acids is 1. The molecule has 2 atom stereocenters. The van der Waals surface area contributed by atoms with Crippen molar-refractivity contribution in [2.24, 2.45) is 0 Å². The van der Waals surface area contributed by atoms with Crippen molar-refractivity contribution >= 4 is 17.7 Å².